The van der Waals surface area contributed by atoms with Crippen molar-refractivity contribution in [1.82, 2.24) is 0 Å². The molecule has 17 heavy (non-hydrogen) atoms. The van der Waals surface area contributed by atoms with Crippen molar-refractivity contribution in [1.29, 1.82) is 0 Å². The van der Waals surface area contributed by atoms with Crippen molar-refractivity contribution in [2.24, 2.45) is 0 Å². The summed E-state index contributed by atoms with van der Waals surface area (Å²) < 4.78 is 42.7. The molecule has 0 aliphatic carbocycles. The van der Waals surface area contributed by atoms with Crippen LogP contribution >= 0.6 is 0 Å². The highest BCUT2D eigenvalue weighted by molar-refractivity contribution is 5.67. The van der Waals surface area contributed by atoms with E-state index in [1.807, 2.05) is 0 Å². The van der Waals surface area contributed by atoms with Crippen LogP contribution in [0.1, 0.15) is 17.5 Å². The number of alkyl halides is 3. The number of halogens is 3. The molecule has 0 saturated heterocycles. The molecule has 1 aromatic rings. The van der Waals surface area contributed by atoms with Gasteiger partial charge in [-0.1, -0.05) is 0 Å². The number of aryl methyl sites for hydroxylation is 1. The number of rotatable bonds is 4. The Morgan fingerprint density at radius 2 is 2.06 bits per heavy atom. The Hall–Kier alpha value is -1.72. The normalized spacial score (nSPS) is 11.3. The summed E-state index contributed by atoms with van der Waals surface area (Å²) in [7, 11) is 1.34. The van der Waals surface area contributed by atoms with Gasteiger partial charge >= 0.3 is 12.1 Å². The Morgan fingerprint density at radius 3 is 2.53 bits per heavy atom. The van der Waals surface area contributed by atoms with Gasteiger partial charge in [0, 0.05) is 6.42 Å². The van der Waals surface area contributed by atoms with Crippen LogP contribution in [0.4, 0.5) is 13.2 Å². The van der Waals surface area contributed by atoms with Crippen molar-refractivity contribution in [3.8, 4) is 5.75 Å². The van der Waals surface area contributed by atoms with Crippen LogP contribution in [0.15, 0.2) is 18.2 Å². The first kappa shape index (κ1) is 13.3. The number of ether oxygens (including phenoxy) is 1. The number of hydrogen-bond donors (Lipinski definition) is 1. The Morgan fingerprint density at radius 1 is 1.41 bits per heavy atom. The Labute approximate surface area is 95.8 Å². The number of benzene rings is 1. The van der Waals surface area contributed by atoms with Gasteiger partial charge in [0.2, 0.25) is 0 Å². The van der Waals surface area contributed by atoms with Crippen molar-refractivity contribution in [3.05, 3.63) is 29.3 Å². The molecule has 0 atom stereocenters. The Kier molecular flexibility index (Phi) is 3.98. The fraction of sp³-hybridized carbons (Fsp3) is 0.364. The second-order valence-electron chi connectivity index (χ2n) is 3.41. The summed E-state index contributed by atoms with van der Waals surface area (Å²) in [6.45, 7) is 0. The summed E-state index contributed by atoms with van der Waals surface area (Å²) in [4.78, 5) is 10.4. The molecule has 0 aliphatic rings. The monoisotopic (exact) mass is 248 g/mol. The quantitative estimate of drug-likeness (QED) is 0.891. The molecule has 0 amide bonds. The number of hydrogen-bond acceptors (Lipinski definition) is 2. The lowest BCUT2D eigenvalue weighted by atomic mass is 10.0. The van der Waals surface area contributed by atoms with Gasteiger partial charge in [0.1, 0.15) is 5.75 Å². The minimum absolute atomic E-state index is 0.0701. The highest BCUT2D eigenvalue weighted by Gasteiger charge is 2.33. The van der Waals surface area contributed by atoms with E-state index in [-0.39, 0.29) is 24.2 Å². The predicted molar refractivity (Wildman–Crippen MR) is 54.0 cm³/mol. The van der Waals surface area contributed by atoms with Crippen LogP contribution < -0.4 is 4.74 Å². The first-order valence-corrected chi connectivity index (χ1v) is 4.80. The first-order chi connectivity index (χ1) is 7.84. The molecule has 0 aliphatic heterocycles. The summed E-state index contributed by atoms with van der Waals surface area (Å²) in [5.41, 5.74) is -0.890. The molecule has 0 fully saturated rings. The minimum Gasteiger partial charge on any atom is -0.497 e. The van der Waals surface area contributed by atoms with Crippen molar-refractivity contribution in [2.75, 3.05) is 7.11 Å². The lowest BCUT2D eigenvalue weighted by molar-refractivity contribution is -0.140. The summed E-state index contributed by atoms with van der Waals surface area (Å²) in [5.74, 6) is -0.862. The van der Waals surface area contributed by atoms with Gasteiger partial charge < -0.3 is 9.84 Å². The summed E-state index contributed by atoms with van der Waals surface area (Å²) in [5, 5.41) is 8.48. The maximum atomic E-state index is 12.6. The number of carboxylic acids is 1. The molecule has 0 bridgehead atoms. The molecule has 1 N–H and O–H groups in total. The van der Waals surface area contributed by atoms with Gasteiger partial charge in [-0.2, -0.15) is 13.2 Å². The predicted octanol–water partition coefficient (Wildman–Crippen LogP) is 2.73. The van der Waals surface area contributed by atoms with Crippen LogP contribution in [0.5, 0.6) is 5.75 Å². The summed E-state index contributed by atoms with van der Waals surface area (Å²) in [6, 6.07) is 3.31. The average Bonchev–Trinajstić information content (AvgIpc) is 2.24. The zero-order chi connectivity index (χ0) is 13.1. The van der Waals surface area contributed by atoms with E-state index in [0.717, 1.165) is 6.07 Å². The molecule has 0 radical (unpaired) electrons. The van der Waals surface area contributed by atoms with Crippen LogP contribution in [-0.2, 0) is 17.4 Å². The van der Waals surface area contributed by atoms with E-state index < -0.39 is 17.7 Å². The molecule has 3 nitrogen and oxygen atoms in total. The van der Waals surface area contributed by atoms with Crippen molar-refractivity contribution < 1.29 is 27.8 Å². The van der Waals surface area contributed by atoms with Gasteiger partial charge in [-0.05, 0) is 30.2 Å². The smallest absolute Gasteiger partial charge is 0.416 e. The van der Waals surface area contributed by atoms with Gasteiger partial charge in [0.05, 0.1) is 12.7 Å². The van der Waals surface area contributed by atoms with Gasteiger partial charge in [0.15, 0.2) is 0 Å². The van der Waals surface area contributed by atoms with E-state index in [1.165, 1.54) is 19.2 Å². The third kappa shape index (κ3) is 3.65. The molecular weight excluding hydrogens is 237 g/mol. The van der Waals surface area contributed by atoms with Gasteiger partial charge in [-0.25, -0.2) is 0 Å². The molecule has 1 aromatic carbocycles. The largest absolute Gasteiger partial charge is 0.497 e. The van der Waals surface area contributed by atoms with Crippen LogP contribution in [0.2, 0.25) is 0 Å². The highest BCUT2D eigenvalue weighted by Crippen LogP contribution is 2.34. The second kappa shape index (κ2) is 5.07. The van der Waals surface area contributed by atoms with Crippen molar-refractivity contribution >= 4 is 5.97 Å². The number of carboxylic acid groups (broad SMARTS) is 1. The number of methoxy groups -OCH3 is 1. The lowest BCUT2D eigenvalue weighted by Gasteiger charge is -2.13. The molecule has 1 rings (SSSR count). The summed E-state index contributed by atoms with van der Waals surface area (Å²) >= 11 is 0. The van der Waals surface area contributed by atoms with Crippen LogP contribution in [0.3, 0.4) is 0 Å². The van der Waals surface area contributed by atoms with Crippen LogP contribution in [0.25, 0.3) is 0 Å². The maximum absolute atomic E-state index is 12.6. The molecule has 0 unspecified atom stereocenters. The zero-order valence-corrected chi connectivity index (χ0v) is 9.04. The topological polar surface area (TPSA) is 46.5 Å². The molecule has 0 saturated carbocycles. The van der Waals surface area contributed by atoms with E-state index in [2.05, 4.69) is 0 Å². The third-order valence-corrected chi connectivity index (χ3v) is 2.23. The maximum Gasteiger partial charge on any atom is 0.416 e. The SMILES string of the molecule is COc1ccc(C(F)(F)F)c(CCC(=O)O)c1. The molecule has 94 valence electrons. The average molecular weight is 248 g/mol. The molecule has 6 heteroatoms. The van der Waals surface area contributed by atoms with E-state index in [1.54, 1.807) is 0 Å². The van der Waals surface area contributed by atoms with E-state index in [4.69, 9.17) is 9.84 Å². The molecule has 0 spiro atoms. The minimum atomic E-state index is -4.49. The fourth-order valence-electron chi connectivity index (χ4n) is 1.42. The number of carbonyl (C=O) groups is 1. The Balaban J connectivity index is 3.07. The zero-order valence-electron chi connectivity index (χ0n) is 9.04. The molecule has 0 aromatic heterocycles. The van der Waals surface area contributed by atoms with E-state index in [9.17, 15) is 18.0 Å². The first-order valence-electron chi connectivity index (χ1n) is 4.80. The van der Waals surface area contributed by atoms with E-state index >= 15 is 0 Å². The van der Waals surface area contributed by atoms with Gasteiger partial charge in [-0.15, -0.1) is 0 Å². The van der Waals surface area contributed by atoms with Crippen LogP contribution in [-0.4, -0.2) is 18.2 Å². The Bertz CT molecular complexity index is 413. The second-order valence-corrected chi connectivity index (χ2v) is 3.41. The number of aliphatic carboxylic acids is 1. The fourth-order valence-corrected chi connectivity index (χ4v) is 1.42. The molecular formula is C11H11F3O3. The van der Waals surface area contributed by atoms with Gasteiger partial charge in [-0.3, -0.25) is 4.79 Å². The lowest BCUT2D eigenvalue weighted by Crippen LogP contribution is -2.10. The van der Waals surface area contributed by atoms with E-state index in [0.29, 0.717) is 0 Å². The standard InChI is InChI=1S/C11H11F3O3/c1-17-8-3-4-9(11(12,13)14)7(6-8)2-5-10(15)16/h3-4,6H,2,5H2,1H3,(H,15,16). The summed E-state index contributed by atoms with van der Waals surface area (Å²) in [6.07, 6.45) is -5.02. The highest BCUT2D eigenvalue weighted by atomic mass is 19.4. The molecule has 0 heterocycles. The van der Waals surface area contributed by atoms with Crippen LogP contribution in [0, 0.1) is 0 Å². The third-order valence-electron chi connectivity index (χ3n) is 2.23. The van der Waals surface area contributed by atoms with Crippen molar-refractivity contribution in [2.45, 2.75) is 19.0 Å². The van der Waals surface area contributed by atoms with Crippen molar-refractivity contribution in [3.63, 3.8) is 0 Å². The van der Waals surface area contributed by atoms with Gasteiger partial charge in [0.25, 0.3) is 0 Å².